The van der Waals surface area contributed by atoms with Crippen LogP contribution in [0.25, 0.3) is 0 Å². The van der Waals surface area contributed by atoms with Gasteiger partial charge in [0.15, 0.2) is 6.61 Å². The number of ether oxygens (including phenoxy) is 1. The molecule has 0 fully saturated rings. The molecule has 29 heavy (non-hydrogen) atoms. The first kappa shape index (κ1) is 19.7. The lowest BCUT2D eigenvalue weighted by molar-refractivity contribution is -0.148. The summed E-state index contributed by atoms with van der Waals surface area (Å²) >= 11 is 0. The highest BCUT2D eigenvalue weighted by atomic mass is 19.1. The molecule has 1 aliphatic rings. The Morgan fingerprint density at radius 3 is 2.14 bits per heavy atom. The van der Waals surface area contributed by atoms with Crippen molar-refractivity contribution in [1.29, 1.82) is 0 Å². The Morgan fingerprint density at radius 1 is 0.931 bits per heavy atom. The van der Waals surface area contributed by atoms with Crippen LogP contribution in [0.4, 0.5) is 14.9 Å². The molecule has 0 unspecified atom stereocenters. The van der Waals surface area contributed by atoms with Gasteiger partial charge in [-0.15, -0.1) is 0 Å². The van der Waals surface area contributed by atoms with E-state index in [0.29, 0.717) is 4.90 Å². The smallest absolute Gasteiger partial charge is 0.326 e. The Balaban J connectivity index is 1.47. The summed E-state index contributed by atoms with van der Waals surface area (Å²) in [6, 6.07) is 10.4. The van der Waals surface area contributed by atoms with Crippen LogP contribution in [-0.4, -0.2) is 47.8 Å². The molecule has 0 radical (unpaired) electrons. The third kappa shape index (κ3) is 4.43. The summed E-state index contributed by atoms with van der Waals surface area (Å²) in [6.45, 7) is -1.51. The quantitative estimate of drug-likeness (QED) is 0.578. The number of halogens is 1. The van der Waals surface area contributed by atoms with Gasteiger partial charge in [0, 0.05) is 0 Å². The van der Waals surface area contributed by atoms with E-state index in [4.69, 9.17) is 0 Å². The number of anilines is 1. The Hall–Kier alpha value is -4.08. The molecule has 0 spiro atoms. The second-order valence-electron chi connectivity index (χ2n) is 5.88. The fourth-order valence-electron chi connectivity index (χ4n) is 2.58. The van der Waals surface area contributed by atoms with Crippen LogP contribution in [0.15, 0.2) is 48.5 Å². The zero-order valence-electron chi connectivity index (χ0n) is 14.8. The molecule has 0 aromatic heterocycles. The minimum Gasteiger partial charge on any atom is -0.454 e. The maximum Gasteiger partial charge on any atom is 0.326 e. The Labute approximate surface area is 163 Å². The summed E-state index contributed by atoms with van der Waals surface area (Å²) in [5.41, 5.74) is 0.209. The van der Waals surface area contributed by atoms with Crippen LogP contribution in [-0.2, 0) is 14.3 Å². The number of carbonyl (C=O) groups excluding carboxylic acids is 5. The number of nitrogens with one attached hydrogen (secondary N) is 2. The van der Waals surface area contributed by atoms with Crippen molar-refractivity contribution < 1.29 is 33.1 Å². The van der Waals surface area contributed by atoms with Crippen LogP contribution in [0.5, 0.6) is 0 Å². The lowest BCUT2D eigenvalue weighted by Crippen LogP contribution is -2.39. The topological polar surface area (TPSA) is 122 Å². The average molecular weight is 399 g/mol. The van der Waals surface area contributed by atoms with E-state index in [0.717, 1.165) is 6.07 Å². The molecule has 0 saturated heterocycles. The van der Waals surface area contributed by atoms with E-state index in [-0.39, 0.29) is 16.8 Å². The number of esters is 1. The summed E-state index contributed by atoms with van der Waals surface area (Å²) in [7, 11) is 0. The standard InChI is InChI=1S/C19H14FN3O6/c20-13-7-3-4-8-14(13)21-19(28)22-15(24)10-29-16(25)9-23-17(26)11-5-1-2-6-12(11)18(23)27/h1-8H,9-10H2,(H2,21,22,24,28). The minimum absolute atomic E-state index is 0.139. The maximum absolute atomic E-state index is 13.4. The molecule has 2 N–H and O–H groups in total. The van der Waals surface area contributed by atoms with Crippen LogP contribution < -0.4 is 10.6 Å². The summed E-state index contributed by atoms with van der Waals surface area (Å²) in [5.74, 6) is -3.96. The largest absolute Gasteiger partial charge is 0.454 e. The SMILES string of the molecule is O=C(COC(=O)CN1C(=O)c2ccccc2C1=O)NC(=O)Nc1ccccc1F. The number of para-hydroxylation sites is 1. The van der Waals surface area contributed by atoms with Gasteiger partial charge in [0.05, 0.1) is 16.8 Å². The van der Waals surface area contributed by atoms with Gasteiger partial charge in [0.1, 0.15) is 12.4 Å². The fraction of sp³-hybridized carbons (Fsp3) is 0.105. The van der Waals surface area contributed by atoms with Gasteiger partial charge in [0.2, 0.25) is 0 Å². The molecule has 2 aromatic rings. The van der Waals surface area contributed by atoms with Crippen LogP contribution in [0.2, 0.25) is 0 Å². The van der Waals surface area contributed by atoms with Gasteiger partial charge in [-0.25, -0.2) is 9.18 Å². The van der Waals surface area contributed by atoms with E-state index in [2.05, 4.69) is 10.1 Å². The molecule has 0 bridgehead atoms. The van der Waals surface area contributed by atoms with Gasteiger partial charge in [-0.2, -0.15) is 0 Å². The molecular formula is C19H14FN3O6. The monoisotopic (exact) mass is 399 g/mol. The number of nitrogens with zero attached hydrogens (tertiary/aromatic N) is 1. The molecule has 1 aliphatic heterocycles. The molecule has 2 aromatic carbocycles. The van der Waals surface area contributed by atoms with Crippen molar-refractivity contribution in [2.24, 2.45) is 0 Å². The second kappa shape index (κ2) is 8.30. The molecule has 0 aliphatic carbocycles. The molecular weight excluding hydrogens is 385 g/mol. The predicted molar refractivity (Wildman–Crippen MR) is 96.3 cm³/mol. The summed E-state index contributed by atoms with van der Waals surface area (Å²) < 4.78 is 18.1. The molecule has 10 heteroatoms. The molecule has 0 saturated carbocycles. The number of rotatable bonds is 5. The van der Waals surface area contributed by atoms with Crippen LogP contribution >= 0.6 is 0 Å². The summed E-state index contributed by atoms with van der Waals surface area (Å²) in [4.78, 5) is 60.2. The normalized spacial score (nSPS) is 12.4. The highest BCUT2D eigenvalue weighted by molar-refractivity contribution is 6.22. The molecule has 0 atom stereocenters. The van der Waals surface area contributed by atoms with Gasteiger partial charge < -0.3 is 10.1 Å². The number of imide groups is 2. The van der Waals surface area contributed by atoms with Gasteiger partial charge in [-0.1, -0.05) is 24.3 Å². The summed E-state index contributed by atoms with van der Waals surface area (Å²) in [6.07, 6.45) is 0. The average Bonchev–Trinajstić information content (AvgIpc) is 2.93. The third-order valence-electron chi connectivity index (χ3n) is 3.90. The van der Waals surface area contributed by atoms with Crippen molar-refractivity contribution in [3.8, 4) is 0 Å². The third-order valence-corrected chi connectivity index (χ3v) is 3.90. The highest BCUT2D eigenvalue weighted by Crippen LogP contribution is 2.22. The lowest BCUT2D eigenvalue weighted by atomic mass is 10.1. The van der Waals surface area contributed by atoms with Crippen molar-refractivity contribution in [2.45, 2.75) is 0 Å². The van der Waals surface area contributed by atoms with Crippen LogP contribution in [0, 0.1) is 5.82 Å². The zero-order chi connectivity index (χ0) is 21.0. The van der Waals surface area contributed by atoms with Crippen molar-refractivity contribution in [2.75, 3.05) is 18.5 Å². The Bertz CT molecular complexity index is 988. The number of fused-ring (bicyclic) bond motifs is 1. The predicted octanol–water partition coefficient (Wildman–Crippen LogP) is 1.31. The van der Waals surface area contributed by atoms with Gasteiger partial charge in [-0.3, -0.25) is 29.4 Å². The van der Waals surface area contributed by atoms with Crippen LogP contribution in [0.1, 0.15) is 20.7 Å². The van der Waals surface area contributed by atoms with E-state index in [1.807, 2.05) is 5.32 Å². The second-order valence-corrected chi connectivity index (χ2v) is 5.88. The molecule has 5 amide bonds. The van der Waals surface area contributed by atoms with E-state index >= 15 is 0 Å². The first-order valence-electron chi connectivity index (χ1n) is 8.33. The van der Waals surface area contributed by atoms with Crippen molar-refractivity contribution in [3.63, 3.8) is 0 Å². The van der Waals surface area contributed by atoms with Crippen LogP contribution in [0.3, 0.4) is 0 Å². The van der Waals surface area contributed by atoms with Crippen molar-refractivity contribution in [3.05, 3.63) is 65.5 Å². The Kier molecular flexibility index (Phi) is 5.63. The van der Waals surface area contributed by atoms with Crippen molar-refractivity contribution in [1.82, 2.24) is 10.2 Å². The fourth-order valence-corrected chi connectivity index (χ4v) is 2.58. The van der Waals surface area contributed by atoms with E-state index < -0.39 is 48.7 Å². The molecule has 9 nitrogen and oxygen atoms in total. The number of carbonyl (C=O) groups is 5. The van der Waals surface area contributed by atoms with E-state index in [1.54, 1.807) is 12.1 Å². The number of amides is 5. The summed E-state index contributed by atoms with van der Waals surface area (Å²) in [5, 5.41) is 3.98. The first-order valence-corrected chi connectivity index (χ1v) is 8.33. The number of urea groups is 1. The van der Waals surface area contributed by atoms with E-state index in [1.165, 1.54) is 30.3 Å². The maximum atomic E-state index is 13.4. The highest BCUT2D eigenvalue weighted by Gasteiger charge is 2.36. The number of benzene rings is 2. The van der Waals surface area contributed by atoms with Gasteiger partial charge >= 0.3 is 12.0 Å². The number of hydrogen-bond acceptors (Lipinski definition) is 6. The van der Waals surface area contributed by atoms with Crippen molar-refractivity contribution >= 4 is 35.4 Å². The number of hydrogen-bond donors (Lipinski definition) is 2. The van der Waals surface area contributed by atoms with Gasteiger partial charge in [-0.05, 0) is 24.3 Å². The van der Waals surface area contributed by atoms with Gasteiger partial charge in [0.25, 0.3) is 17.7 Å². The zero-order valence-corrected chi connectivity index (χ0v) is 14.8. The molecule has 1 heterocycles. The minimum atomic E-state index is -1.02. The first-order chi connectivity index (χ1) is 13.9. The Morgan fingerprint density at radius 2 is 1.52 bits per heavy atom. The molecule has 148 valence electrons. The lowest BCUT2D eigenvalue weighted by Gasteiger charge is -2.13. The molecule has 3 rings (SSSR count). The van der Waals surface area contributed by atoms with E-state index in [9.17, 15) is 28.4 Å².